The molecule has 2 aliphatic heterocycles. The minimum absolute atomic E-state index is 0.175. The number of hydrogen-bond acceptors (Lipinski definition) is 6. The van der Waals surface area contributed by atoms with Crippen molar-refractivity contribution in [3.8, 4) is 0 Å². The van der Waals surface area contributed by atoms with Gasteiger partial charge in [0.1, 0.15) is 0 Å². The Balaban J connectivity index is 1.30. The van der Waals surface area contributed by atoms with Crippen LogP contribution >= 0.6 is 0 Å². The molecular formula is C20H25N5O2. The lowest BCUT2D eigenvalue weighted by molar-refractivity contribution is 0.0383. The maximum atomic E-state index is 12.3. The lowest BCUT2D eigenvalue weighted by Gasteiger charge is -2.29. The molecule has 1 saturated heterocycles. The van der Waals surface area contributed by atoms with Crippen LogP contribution in [0.5, 0.6) is 0 Å². The Morgan fingerprint density at radius 3 is 2.63 bits per heavy atom. The first-order chi connectivity index (χ1) is 13.3. The van der Waals surface area contributed by atoms with Crippen molar-refractivity contribution in [3.63, 3.8) is 0 Å². The fourth-order valence-corrected chi connectivity index (χ4v) is 3.55. The summed E-state index contributed by atoms with van der Waals surface area (Å²) in [5, 5.41) is 11.3. The smallest absolute Gasteiger partial charge is 0.271 e. The number of nitrogens with zero attached hydrogens (tertiary/aromatic N) is 4. The number of fused-ring (bicyclic) bond motifs is 1. The first-order valence-electron chi connectivity index (χ1n) is 9.53. The van der Waals surface area contributed by atoms with E-state index in [4.69, 9.17) is 4.74 Å². The number of hydrogen-bond donors (Lipinski definition) is 1. The van der Waals surface area contributed by atoms with Gasteiger partial charge in [-0.25, -0.2) is 0 Å². The highest BCUT2D eigenvalue weighted by atomic mass is 16.5. The van der Waals surface area contributed by atoms with Gasteiger partial charge in [0.05, 0.1) is 13.2 Å². The summed E-state index contributed by atoms with van der Waals surface area (Å²) in [4.78, 5) is 16.8. The molecule has 1 fully saturated rings. The Hall–Kier alpha value is -2.51. The molecule has 1 N–H and O–H groups in total. The van der Waals surface area contributed by atoms with Crippen LogP contribution in [0.2, 0.25) is 0 Å². The molecule has 3 heterocycles. The normalized spacial score (nSPS) is 17.4. The van der Waals surface area contributed by atoms with Crippen LogP contribution in [0.25, 0.3) is 0 Å². The Morgan fingerprint density at radius 2 is 1.85 bits per heavy atom. The summed E-state index contributed by atoms with van der Waals surface area (Å²) in [6.07, 6.45) is 1.00. The van der Waals surface area contributed by atoms with Gasteiger partial charge in [0, 0.05) is 39.3 Å². The molecule has 0 spiro atoms. The molecule has 1 aromatic carbocycles. The second-order valence-corrected chi connectivity index (χ2v) is 6.93. The molecule has 7 nitrogen and oxygen atoms in total. The summed E-state index contributed by atoms with van der Waals surface area (Å²) in [6.45, 7) is 6.54. The van der Waals surface area contributed by atoms with Gasteiger partial charge in [-0.3, -0.25) is 9.69 Å². The minimum Gasteiger partial charge on any atom is -0.379 e. The predicted molar refractivity (Wildman–Crippen MR) is 103 cm³/mol. The summed E-state index contributed by atoms with van der Waals surface area (Å²) < 4.78 is 5.33. The summed E-state index contributed by atoms with van der Waals surface area (Å²) in [5.74, 6) is 0.640. The van der Waals surface area contributed by atoms with Crippen molar-refractivity contribution >= 4 is 11.7 Å². The molecule has 0 radical (unpaired) electrons. The van der Waals surface area contributed by atoms with E-state index in [1.807, 2.05) is 6.07 Å². The summed E-state index contributed by atoms with van der Waals surface area (Å²) in [6, 6.07) is 12.1. The van der Waals surface area contributed by atoms with E-state index in [2.05, 4.69) is 49.6 Å². The van der Waals surface area contributed by atoms with Crippen molar-refractivity contribution in [3.05, 3.63) is 53.2 Å². The number of rotatable bonds is 5. The molecule has 27 heavy (non-hydrogen) atoms. The van der Waals surface area contributed by atoms with E-state index >= 15 is 0 Å². The molecule has 2 aromatic rings. The van der Waals surface area contributed by atoms with E-state index in [0.717, 1.165) is 58.2 Å². The molecule has 0 aliphatic carbocycles. The van der Waals surface area contributed by atoms with Gasteiger partial charge in [-0.05, 0) is 29.7 Å². The monoisotopic (exact) mass is 367 g/mol. The Labute approximate surface area is 159 Å². The molecule has 142 valence electrons. The highest BCUT2D eigenvalue weighted by Gasteiger charge is 2.18. The lowest BCUT2D eigenvalue weighted by Crippen LogP contribution is -2.41. The van der Waals surface area contributed by atoms with Gasteiger partial charge in [0.2, 0.25) is 0 Å². The number of aromatic nitrogens is 2. The summed E-state index contributed by atoms with van der Waals surface area (Å²) in [5.41, 5.74) is 3.09. The molecule has 0 saturated carbocycles. The molecule has 4 rings (SSSR count). The summed E-state index contributed by atoms with van der Waals surface area (Å²) in [7, 11) is 0. The van der Waals surface area contributed by atoms with Crippen molar-refractivity contribution in [1.29, 1.82) is 0 Å². The summed E-state index contributed by atoms with van der Waals surface area (Å²) >= 11 is 0. The van der Waals surface area contributed by atoms with Crippen LogP contribution in [0.1, 0.15) is 21.6 Å². The SMILES string of the molecule is O=C(NCCN1CCOCC1)c1ccc(N2CCc3ccccc3C2)nn1. The van der Waals surface area contributed by atoms with Crippen LogP contribution in [0.3, 0.4) is 0 Å². The third kappa shape index (κ3) is 4.43. The molecule has 2 aliphatic rings. The maximum Gasteiger partial charge on any atom is 0.271 e. The molecular weight excluding hydrogens is 342 g/mol. The van der Waals surface area contributed by atoms with Gasteiger partial charge in [-0.1, -0.05) is 24.3 Å². The van der Waals surface area contributed by atoms with Gasteiger partial charge in [0.15, 0.2) is 11.5 Å². The number of benzene rings is 1. The van der Waals surface area contributed by atoms with Crippen LogP contribution < -0.4 is 10.2 Å². The van der Waals surface area contributed by atoms with Crippen LogP contribution in [-0.4, -0.2) is 66.9 Å². The minimum atomic E-state index is -0.175. The number of anilines is 1. The molecule has 1 amide bonds. The quantitative estimate of drug-likeness (QED) is 0.853. The third-order valence-electron chi connectivity index (χ3n) is 5.16. The third-order valence-corrected chi connectivity index (χ3v) is 5.16. The molecule has 0 atom stereocenters. The van der Waals surface area contributed by atoms with Crippen molar-refractivity contribution < 1.29 is 9.53 Å². The largest absolute Gasteiger partial charge is 0.379 e. The highest BCUT2D eigenvalue weighted by molar-refractivity contribution is 5.92. The Morgan fingerprint density at radius 1 is 1.04 bits per heavy atom. The molecule has 0 unspecified atom stereocenters. The van der Waals surface area contributed by atoms with Crippen molar-refractivity contribution in [2.75, 3.05) is 50.8 Å². The van der Waals surface area contributed by atoms with Crippen LogP contribution in [0, 0.1) is 0 Å². The number of morpholine rings is 1. The number of ether oxygens (including phenoxy) is 1. The van der Waals surface area contributed by atoms with Gasteiger partial charge >= 0.3 is 0 Å². The van der Waals surface area contributed by atoms with E-state index < -0.39 is 0 Å². The Kier molecular flexibility index (Phi) is 5.60. The second-order valence-electron chi connectivity index (χ2n) is 6.93. The average Bonchev–Trinajstić information content (AvgIpc) is 2.74. The fraction of sp³-hybridized carbons (Fsp3) is 0.450. The highest BCUT2D eigenvalue weighted by Crippen LogP contribution is 2.22. The van der Waals surface area contributed by atoms with Crippen molar-refractivity contribution in [1.82, 2.24) is 20.4 Å². The van der Waals surface area contributed by atoms with E-state index in [-0.39, 0.29) is 5.91 Å². The van der Waals surface area contributed by atoms with Crippen LogP contribution in [0.15, 0.2) is 36.4 Å². The number of amides is 1. The fourth-order valence-electron chi connectivity index (χ4n) is 3.55. The van der Waals surface area contributed by atoms with Gasteiger partial charge in [-0.15, -0.1) is 10.2 Å². The van der Waals surface area contributed by atoms with E-state index in [0.29, 0.717) is 12.2 Å². The van der Waals surface area contributed by atoms with Gasteiger partial charge in [0.25, 0.3) is 5.91 Å². The molecule has 0 bridgehead atoms. The number of nitrogens with one attached hydrogen (secondary N) is 1. The standard InChI is InChI=1S/C20H25N5O2/c26-20(21-8-10-24-11-13-27-14-12-24)18-5-6-19(23-22-18)25-9-7-16-3-1-2-4-17(16)15-25/h1-6H,7-15H2,(H,21,26). The predicted octanol–water partition coefficient (Wildman–Crippen LogP) is 1.10. The maximum absolute atomic E-state index is 12.3. The molecule has 1 aromatic heterocycles. The first-order valence-corrected chi connectivity index (χ1v) is 9.53. The second kappa shape index (κ2) is 8.45. The van der Waals surface area contributed by atoms with Crippen LogP contribution in [-0.2, 0) is 17.7 Å². The van der Waals surface area contributed by atoms with E-state index in [1.54, 1.807) is 6.07 Å². The van der Waals surface area contributed by atoms with Crippen molar-refractivity contribution in [2.24, 2.45) is 0 Å². The zero-order valence-electron chi connectivity index (χ0n) is 15.4. The first kappa shape index (κ1) is 17.9. The van der Waals surface area contributed by atoms with Gasteiger partial charge in [-0.2, -0.15) is 0 Å². The van der Waals surface area contributed by atoms with Crippen LogP contribution in [0.4, 0.5) is 5.82 Å². The molecule has 7 heteroatoms. The number of carbonyl (C=O) groups is 1. The topological polar surface area (TPSA) is 70.6 Å². The lowest BCUT2D eigenvalue weighted by atomic mass is 10.00. The van der Waals surface area contributed by atoms with E-state index in [9.17, 15) is 4.79 Å². The van der Waals surface area contributed by atoms with E-state index in [1.165, 1.54) is 11.1 Å². The number of carbonyl (C=O) groups excluding carboxylic acids is 1. The zero-order chi connectivity index (χ0) is 18.5. The average molecular weight is 367 g/mol. The van der Waals surface area contributed by atoms with Crippen molar-refractivity contribution in [2.45, 2.75) is 13.0 Å². The van der Waals surface area contributed by atoms with Gasteiger partial charge < -0.3 is 15.0 Å². The zero-order valence-corrected chi connectivity index (χ0v) is 15.4. The Bertz CT molecular complexity index is 774.